The maximum atomic E-state index is 12.4. The lowest BCUT2D eigenvalue weighted by molar-refractivity contribution is 0.102. The van der Waals surface area contributed by atoms with Gasteiger partial charge < -0.3 is 15.0 Å². The van der Waals surface area contributed by atoms with Gasteiger partial charge in [0.25, 0.3) is 5.91 Å². The number of nitrogens with one attached hydrogen (secondary N) is 1. The van der Waals surface area contributed by atoms with Crippen LogP contribution >= 0.6 is 27.3 Å². The number of morpholine rings is 1. The first-order valence-electron chi connectivity index (χ1n) is 8.50. The summed E-state index contributed by atoms with van der Waals surface area (Å²) in [6.45, 7) is 3.16. The summed E-state index contributed by atoms with van der Waals surface area (Å²) >= 11 is 4.81. The molecule has 1 amide bonds. The van der Waals surface area contributed by atoms with Gasteiger partial charge in [-0.25, -0.2) is 9.97 Å². The van der Waals surface area contributed by atoms with Gasteiger partial charge in [0, 0.05) is 40.4 Å². The van der Waals surface area contributed by atoms with E-state index in [4.69, 9.17) is 4.74 Å². The maximum Gasteiger partial charge on any atom is 0.275 e. The van der Waals surface area contributed by atoms with E-state index in [1.165, 1.54) is 11.3 Å². The fourth-order valence-electron chi connectivity index (χ4n) is 2.73. The highest BCUT2D eigenvalue weighted by molar-refractivity contribution is 9.10. The van der Waals surface area contributed by atoms with Gasteiger partial charge in [0.1, 0.15) is 16.5 Å². The van der Waals surface area contributed by atoms with Crippen LogP contribution in [0.15, 0.2) is 52.4 Å². The average Bonchev–Trinajstić information content (AvgIpc) is 3.21. The van der Waals surface area contributed by atoms with Crippen molar-refractivity contribution in [2.45, 2.75) is 0 Å². The van der Waals surface area contributed by atoms with Crippen molar-refractivity contribution in [1.82, 2.24) is 9.97 Å². The van der Waals surface area contributed by atoms with E-state index >= 15 is 0 Å². The number of nitrogens with zero attached hydrogens (tertiary/aromatic N) is 3. The van der Waals surface area contributed by atoms with E-state index in [9.17, 15) is 4.79 Å². The zero-order valence-corrected chi connectivity index (χ0v) is 16.8. The Hall–Kier alpha value is -2.29. The first kappa shape index (κ1) is 18.1. The van der Waals surface area contributed by atoms with E-state index in [-0.39, 0.29) is 5.91 Å². The summed E-state index contributed by atoms with van der Waals surface area (Å²) in [4.78, 5) is 23.6. The van der Waals surface area contributed by atoms with Crippen molar-refractivity contribution in [3.8, 4) is 10.6 Å². The number of anilines is 2. The number of aromatic nitrogens is 2. The molecule has 3 heterocycles. The first-order valence-corrected chi connectivity index (χ1v) is 10.2. The monoisotopic (exact) mass is 444 g/mol. The topological polar surface area (TPSA) is 67.4 Å². The molecule has 1 saturated heterocycles. The van der Waals surface area contributed by atoms with E-state index in [0.29, 0.717) is 5.69 Å². The summed E-state index contributed by atoms with van der Waals surface area (Å²) in [5.74, 6) is 0.713. The number of thiazole rings is 1. The van der Waals surface area contributed by atoms with Crippen molar-refractivity contribution >= 4 is 44.7 Å². The van der Waals surface area contributed by atoms with Gasteiger partial charge in [-0.2, -0.15) is 0 Å². The Morgan fingerprint density at radius 2 is 1.93 bits per heavy atom. The second-order valence-corrected chi connectivity index (χ2v) is 7.78. The number of carbonyl (C=O) groups excluding carboxylic acids is 1. The van der Waals surface area contributed by atoms with E-state index in [0.717, 1.165) is 52.9 Å². The molecule has 1 aliphatic heterocycles. The molecule has 0 radical (unpaired) electrons. The molecule has 27 heavy (non-hydrogen) atoms. The SMILES string of the molecule is O=C(Nc1ccc(Br)cc1)c1csc(-c2ccc(N3CCOCC3)nc2)n1. The van der Waals surface area contributed by atoms with Crippen LogP contribution < -0.4 is 10.2 Å². The maximum absolute atomic E-state index is 12.4. The third-order valence-corrected chi connectivity index (χ3v) is 5.59. The van der Waals surface area contributed by atoms with E-state index in [1.54, 1.807) is 11.6 Å². The van der Waals surface area contributed by atoms with Gasteiger partial charge in [0.15, 0.2) is 0 Å². The lowest BCUT2D eigenvalue weighted by Gasteiger charge is -2.27. The van der Waals surface area contributed by atoms with E-state index in [2.05, 4.69) is 36.1 Å². The molecule has 1 aromatic carbocycles. The highest BCUT2D eigenvalue weighted by Gasteiger charge is 2.15. The molecule has 3 aromatic rings. The number of hydrogen-bond donors (Lipinski definition) is 1. The second kappa shape index (κ2) is 8.16. The van der Waals surface area contributed by atoms with Crippen molar-refractivity contribution in [3.05, 3.63) is 58.1 Å². The summed E-state index contributed by atoms with van der Waals surface area (Å²) in [5, 5.41) is 5.39. The van der Waals surface area contributed by atoms with Crippen LogP contribution in [-0.2, 0) is 4.74 Å². The number of carbonyl (C=O) groups is 1. The lowest BCUT2D eigenvalue weighted by Crippen LogP contribution is -2.36. The van der Waals surface area contributed by atoms with Crippen molar-refractivity contribution in [2.24, 2.45) is 0 Å². The molecule has 1 N–H and O–H groups in total. The Morgan fingerprint density at radius 3 is 2.63 bits per heavy atom. The number of halogens is 1. The quantitative estimate of drug-likeness (QED) is 0.656. The number of hydrogen-bond acceptors (Lipinski definition) is 6. The largest absolute Gasteiger partial charge is 0.378 e. The van der Waals surface area contributed by atoms with Gasteiger partial charge >= 0.3 is 0 Å². The third-order valence-electron chi connectivity index (χ3n) is 4.17. The normalized spacial score (nSPS) is 14.2. The molecule has 4 rings (SSSR count). The summed E-state index contributed by atoms with van der Waals surface area (Å²) in [6, 6.07) is 11.4. The van der Waals surface area contributed by atoms with Gasteiger partial charge in [-0.05, 0) is 36.4 Å². The van der Waals surface area contributed by atoms with Gasteiger partial charge in [0.05, 0.1) is 13.2 Å². The molecule has 8 heteroatoms. The zero-order valence-electron chi connectivity index (χ0n) is 14.4. The third kappa shape index (κ3) is 4.35. The summed E-state index contributed by atoms with van der Waals surface area (Å²) < 4.78 is 6.33. The summed E-state index contributed by atoms with van der Waals surface area (Å²) in [7, 11) is 0. The Morgan fingerprint density at radius 1 is 1.15 bits per heavy atom. The fourth-order valence-corrected chi connectivity index (χ4v) is 3.79. The van der Waals surface area contributed by atoms with Gasteiger partial charge in [-0.15, -0.1) is 11.3 Å². The smallest absolute Gasteiger partial charge is 0.275 e. The Kier molecular flexibility index (Phi) is 5.47. The minimum absolute atomic E-state index is 0.224. The Labute approximate surface area is 169 Å². The molecule has 1 fully saturated rings. The van der Waals surface area contributed by atoms with Crippen LogP contribution in [0.3, 0.4) is 0 Å². The van der Waals surface area contributed by atoms with Crippen LogP contribution in [0.25, 0.3) is 10.6 Å². The van der Waals surface area contributed by atoms with Crippen LogP contribution in [0, 0.1) is 0 Å². The lowest BCUT2D eigenvalue weighted by atomic mass is 10.3. The summed E-state index contributed by atoms with van der Waals surface area (Å²) in [5.41, 5.74) is 2.03. The van der Waals surface area contributed by atoms with Crippen molar-refractivity contribution < 1.29 is 9.53 Å². The van der Waals surface area contributed by atoms with Gasteiger partial charge in [0.2, 0.25) is 0 Å². The van der Waals surface area contributed by atoms with Crippen molar-refractivity contribution in [3.63, 3.8) is 0 Å². The molecule has 0 spiro atoms. The number of rotatable bonds is 4. The second-order valence-electron chi connectivity index (χ2n) is 6.00. The Balaban J connectivity index is 1.45. The predicted octanol–water partition coefficient (Wildman–Crippen LogP) is 4.06. The molecule has 0 unspecified atom stereocenters. The van der Waals surface area contributed by atoms with Crippen LogP contribution in [0.4, 0.5) is 11.5 Å². The van der Waals surface area contributed by atoms with Crippen LogP contribution in [-0.4, -0.2) is 42.2 Å². The summed E-state index contributed by atoms with van der Waals surface area (Å²) in [6.07, 6.45) is 1.81. The van der Waals surface area contributed by atoms with E-state index in [1.807, 2.05) is 36.4 Å². The first-order chi connectivity index (χ1) is 13.2. The predicted molar refractivity (Wildman–Crippen MR) is 110 cm³/mol. The molecule has 1 aliphatic rings. The number of amides is 1. The van der Waals surface area contributed by atoms with Crippen LogP contribution in [0.5, 0.6) is 0 Å². The molecule has 0 bridgehead atoms. The standard InChI is InChI=1S/C19H17BrN4O2S/c20-14-2-4-15(5-3-14)22-18(25)16-12-27-19(23-16)13-1-6-17(21-11-13)24-7-9-26-10-8-24/h1-6,11-12H,7-10H2,(H,22,25). The van der Waals surface area contributed by atoms with Crippen molar-refractivity contribution in [2.75, 3.05) is 36.5 Å². The molecule has 0 saturated carbocycles. The molecule has 138 valence electrons. The van der Waals surface area contributed by atoms with Crippen LogP contribution in [0.2, 0.25) is 0 Å². The molecule has 2 aromatic heterocycles. The highest BCUT2D eigenvalue weighted by Crippen LogP contribution is 2.25. The van der Waals surface area contributed by atoms with Crippen molar-refractivity contribution in [1.29, 1.82) is 0 Å². The fraction of sp³-hybridized carbons (Fsp3) is 0.211. The van der Waals surface area contributed by atoms with Gasteiger partial charge in [-0.3, -0.25) is 4.79 Å². The minimum Gasteiger partial charge on any atom is -0.378 e. The van der Waals surface area contributed by atoms with Gasteiger partial charge in [-0.1, -0.05) is 15.9 Å². The molecule has 6 nitrogen and oxygen atoms in total. The molecule has 0 atom stereocenters. The minimum atomic E-state index is -0.224. The zero-order chi connectivity index (χ0) is 18.6. The number of ether oxygens (including phenoxy) is 1. The molecular formula is C19H17BrN4O2S. The van der Waals surface area contributed by atoms with E-state index < -0.39 is 0 Å². The average molecular weight is 445 g/mol. The number of pyridine rings is 1. The molecule has 0 aliphatic carbocycles. The van der Waals surface area contributed by atoms with Crippen LogP contribution in [0.1, 0.15) is 10.5 Å². The highest BCUT2D eigenvalue weighted by atomic mass is 79.9. The Bertz CT molecular complexity index is 922. The molecular weight excluding hydrogens is 428 g/mol. The number of benzene rings is 1.